The summed E-state index contributed by atoms with van der Waals surface area (Å²) in [7, 11) is 0. The lowest BCUT2D eigenvalue weighted by atomic mass is 10.1. The van der Waals surface area contributed by atoms with Crippen molar-refractivity contribution in [3.63, 3.8) is 0 Å². The highest BCUT2D eigenvalue weighted by Crippen LogP contribution is 2.36. The van der Waals surface area contributed by atoms with Gasteiger partial charge in [0, 0.05) is 31.3 Å². The number of nitrogens with zero attached hydrogens (tertiary/aromatic N) is 2. The van der Waals surface area contributed by atoms with Gasteiger partial charge in [-0.25, -0.2) is 0 Å². The van der Waals surface area contributed by atoms with Gasteiger partial charge in [0.05, 0.1) is 24.5 Å². The van der Waals surface area contributed by atoms with Gasteiger partial charge in [0.25, 0.3) is 0 Å². The quantitative estimate of drug-likeness (QED) is 0.836. The summed E-state index contributed by atoms with van der Waals surface area (Å²) < 4.78 is 17.7. The zero-order valence-corrected chi connectivity index (χ0v) is 13.6. The van der Waals surface area contributed by atoms with Crippen molar-refractivity contribution in [3.05, 3.63) is 17.0 Å². The molecule has 1 saturated heterocycles. The summed E-state index contributed by atoms with van der Waals surface area (Å²) in [5.74, 6) is 1.74. The SMILES string of the molecule is Cc1noc(C)c1CN1CCO[C@H]2CC[C@H]1[C@H]2OCC1CC1. The van der Waals surface area contributed by atoms with Gasteiger partial charge in [0.1, 0.15) is 5.76 Å². The third-order valence-corrected chi connectivity index (χ3v) is 5.44. The van der Waals surface area contributed by atoms with E-state index < -0.39 is 0 Å². The van der Waals surface area contributed by atoms with Gasteiger partial charge in [-0.3, -0.25) is 4.90 Å². The molecule has 2 bridgehead atoms. The molecule has 5 heteroatoms. The zero-order chi connectivity index (χ0) is 15.1. The van der Waals surface area contributed by atoms with Gasteiger partial charge in [-0.1, -0.05) is 5.16 Å². The predicted molar refractivity (Wildman–Crippen MR) is 81.6 cm³/mol. The summed E-state index contributed by atoms with van der Waals surface area (Å²) >= 11 is 0. The van der Waals surface area contributed by atoms with Crippen molar-refractivity contribution < 1.29 is 14.0 Å². The van der Waals surface area contributed by atoms with E-state index in [-0.39, 0.29) is 6.10 Å². The lowest BCUT2D eigenvalue weighted by Gasteiger charge is -2.31. The van der Waals surface area contributed by atoms with Crippen molar-refractivity contribution in [3.8, 4) is 0 Å². The van der Waals surface area contributed by atoms with Crippen LogP contribution in [0.5, 0.6) is 0 Å². The third-order valence-electron chi connectivity index (χ3n) is 5.44. The van der Waals surface area contributed by atoms with Crippen molar-refractivity contribution in [2.45, 2.75) is 64.3 Å². The van der Waals surface area contributed by atoms with Crippen LogP contribution in [0.15, 0.2) is 4.52 Å². The number of aromatic nitrogens is 1. The fourth-order valence-electron chi connectivity index (χ4n) is 3.84. The van der Waals surface area contributed by atoms with Gasteiger partial charge in [-0.2, -0.15) is 0 Å². The first kappa shape index (κ1) is 14.7. The van der Waals surface area contributed by atoms with Crippen LogP contribution in [-0.2, 0) is 16.0 Å². The molecule has 0 amide bonds. The maximum absolute atomic E-state index is 6.28. The molecule has 0 N–H and O–H groups in total. The molecule has 1 aromatic rings. The first-order valence-corrected chi connectivity index (χ1v) is 8.61. The lowest BCUT2D eigenvalue weighted by Crippen LogP contribution is -2.43. The van der Waals surface area contributed by atoms with Crippen molar-refractivity contribution >= 4 is 0 Å². The Hall–Kier alpha value is -0.910. The minimum absolute atomic E-state index is 0.239. The van der Waals surface area contributed by atoms with Crippen molar-refractivity contribution in [2.75, 3.05) is 19.8 Å². The summed E-state index contributed by atoms with van der Waals surface area (Å²) in [4.78, 5) is 2.52. The third kappa shape index (κ3) is 2.82. The Balaban J connectivity index is 1.48. The van der Waals surface area contributed by atoms with Crippen molar-refractivity contribution in [1.82, 2.24) is 10.1 Å². The molecule has 1 aromatic heterocycles. The Labute approximate surface area is 131 Å². The number of ether oxygens (including phenoxy) is 2. The summed E-state index contributed by atoms with van der Waals surface area (Å²) in [6, 6.07) is 0.472. The van der Waals surface area contributed by atoms with Crippen molar-refractivity contribution in [2.24, 2.45) is 5.92 Å². The van der Waals surface area contributed by atoms with Gasteiger partial charge in [-0.05, 0) is 45.4 Å². The topological polar surface area (TPSA) is 47.7 Å². The second-order valence-corrected chi connectivity index (χ2v) is 7.07. The maximum Gasteiger partial charge on any atom is 0.138 e. The summed E-state index contributed by atoms with van der Waals surface area (Å²) in [6.45, 7) is 7.61. The fraction of sp³-hybridized carbons (Fsp3) is 0.824. The van der Waals surface area contributed by atoms with Gasteiger partial charge in [-0.15, -0.1) is 0 Å². The maximum atomic E-state index is 6.28. The second kappa shape index (κ2) is 5.95. The second-order valence-electron chi connectivity index (χ2n) is 7.07. The molecule has 2 heterocycles. The van der Waals surface area contributed by atoms with Gasteiger partial charge >= 0.3 is 0 Å². The van der Waals surface area contributed by atoms with Crippen LogP contribution in [0.1, 0.15) is 42.7 Å². The molecule has 4 rings (SSSR count). The smallest absolute Gasteiger partial charge is 0.138 e. The number of hydrogen-bond acceptors (Lipinski definition) is 5. The number of rotatable bonds is 5. The van der Waals surface area contributed by atoms with Crippen molar-refractivity contribution in [1.29, 1.82) is 0 Å². The highest BCUT2D eigenvalue weighted by Gasteiger charge is 2.43. The van der Waals surface area contributed by atoms with Gasteiger partial charge < -0.3 is 14.0 Å². The minimum Gasteiger partial charge on any atom is -0.374 e. The van der Waals surface area contributed by atoms with Crippen LogP contribution in [-0.4, -0.2) is 48.1 Å². The summed E-state index contributed by atoms with van der Waals surface area (Å²) in [5.41, 5.74) is 2.24. The summed E-state index contributed by atoms with van der Waals surface area (Å²) in [6.07, 6.45) is 5.50. The van der Waals surface area contributed by atoms with E-state index in [0.717, 1.165) is 50.1 Å². The first-order valence-electron chi connectivity index (χ1n) is 8.61. The van der Waals surface area contributed by atoms with Crippen LogP contribution in [0, 0.1) is 19.8 Å². The molecule has 0 unspecified atom stereocenters. The zero-order valence-electron chi connectivity index (χ0n) is 13.6. The van der Waals surface area contributed by atoms with Crippen LogP contribution in [0.25, 0.3) is 0 Å². The van der Waals surface area contributed by atoms with E-state index in [1.54, 1.807) is 0 Å². The van der Waals surface area contributed by atoms with E-state index in [0.29, 0.717) is 12.1 Å². The average Bonchev–Trinajstić information content (AvgIpc) is 3.19. The molecule has 122 valence electrons. The van der Waals surface area contributed by atoms with E-state index in [4.69, 9.17) is 14.0 Å². The molecule has 5 nitrogen and oxygen atoms in total. The van der Waals surface area contributed by atoms with E-state index in [2.05, 4.69) is 10.1 Å². The van der Waals surface area contributed by atoms with E-state index in [1.165, 1.54) is 24.8 Å². The molecular weight excluding hydrogens is 280 g/mol. The normalized spacial score (nSPS) is 32.4. The molecule has 3 fully saturated rings. The number of fused-ring (bicyclic) bond motifs is 2. The molecule has 1 aliphatic heterocycles. The van der Waals surface area contributed by atoms with E-state index >= 15 is 0 Å². The largest absolute Gasteiger partial charge is 0.374 e. The lowest BCUT2D eigenvalue weighted by molar-refractivity contribution is -0.0572. The minimum atomic E-state index is 0.239. The van der Waals surface area contributed by atoms with Gasteiger partial charge in [0.15, 0.2) is 0 Å². The van der Waals surface area contributed by atoms with Crippen LogP contribution >= 0.6 is 0 Å². The molecule has 0 spiro atoms. The molecular formula is C17H26N2O3. The first-order chi connectivity index (χ1) is 10.7. The van der Waals surface area contributed by atoms with Crippen LogP contribution in [0.4, 0.5) is 0 Å². The summed E-state index contributed by atoms with van der Waals surface area (Å²) in [5, 5.41) is 4.09. The molecule has 22 heavy (non-hydrogen) atoms. The molecule has 3 aliphatic rings. The number of aryl methyl sites for hydroxylation is 2. The van der Waals surface area contributed by atoms with Crippen LogP contribution in [0.2, 0.25) is 0 Å². The number of hydrogen-bond donors (Lipinski definition) is 0. The Morgan fingerprint density at radius 1 is 1.23 bits per heavy atom. The van der Waals surface area contributed by atoms with Crippen LogP contribution < -0.4 is 0 Å². The Kier molecular flexibility index (Phi) is 3.96. The van der Waals surface area contributed by atoms with E-state index in [1.807, 2.05) is 13.8 Å². The Morgan fingerprint density at radius 2 is 2.09 bits per heavy atom. The Morgan fingerprint density at radius 3 is 2.82 bits per heavy atom. The standard InChI is InChI=1S/C17H26N2O3/c1-11-14(12(2)22-18-11)9-19-7-8-20-16-6-5-15(19)17(16)21-10-13-3-4-13/h13,15-17H,3-10H2,1-2H3/t15-,16-,17+/m0/s1. The van der Waals surface area contributed by atoms with E-state index in [9.17, 15) is 0 Å². The fourth-order valence-corrected chi connectivity index (χ4v) is 3.84. The molecule has 0 radical (unpaired) electrons. The molecule has 2 saturated carbocycles. The molecule has 3 atom stereocenters. The van der Waals surface area contributed by atoms with Gasteiger partial charge in [0.2, 0.25) is 0 Å². The predicted octanol–water partition coefficient (Wildman–Crippen LogP) is 2.45. The molecule has 0 aromatic carbocycles. The highest BCUT2D eigenvalue weighted by molar-refractivity contribution is 5.21. The monoisotopic (exact) mass is 306 g/mol. The Bertz CT molecular complexity index is 506. The highest BCUT2D eigenvalue weighted by atomic mass is 16.5. The average molecular weight is 306 g/mol. The molecule has 2 aliphatic carbocycles. The van der Waals surface area contributed by atoms with Crippen LogP contribution in [0.3, 0.4) is 0 Å².